The monoisotopic (exact) mass is 545 g/mol. The predicted molar refractivity (Wildman–Crippen MR) is 118 cm³/mol. The molecule has 7 nitrogen and oxygen atoms in total. The Hall–Kier alpha value is -3.68. The third kappa shape index (κ3) is 4.97. The van der Waals surface area contributed by atoms with Crippen LogP contribution in [0.4, 0.5) is 32.0 Å². The fourth-order valence-corrected chi connectivity index (χ4v) is 4.95. The van der Waals surface area contributed by atoms with E-state index in [4.69, 9.17) is 0 Å². The zero-order chi connectivity index (χ0) is 27.3. The molecule has 0 N–H and O–H groups in total. The second kappa shape index (κ2) is 9.01. The van der Waals surface area contributed by atoms with Gasteiger partial charge in [0, 0.05) is 18.3 Å². The highest BCUT2D eigenvalue weighted by molar-refractivity contribution is 7.91. The molecule has 3 heterocycles. The lowest BCUT2D eigenvalue weighted by molar-refractivity contribution is -0.613. The Bertz CT molecular complexity index is 1490. The van der Waals surface area contributed by atoms with Gasteiger partial charge < -0.3 is 10.1 Å². The smallest absolute Gasteiger partial charge is 0.422 e. The summed E-state index contributed by atoms with van der Waals surface area (Å²) in [7, 11) is -4.12. The molecular weight excluding hydrogens is 528 g/mol. The average molecular weight is 545 g/mol. The molecule has 0 fully saturated rings. The summed E-state index contributed by atoms with van der Waals surface area (Å²) in [6.45, 7) is 1.11. The minimum Gasteiger partial charge on any atom is -0.618 e. The molecule has 0 atom stereocenters. The summed E-state index contributed by atoms with van der Waals surface area (Å²) in [4.78, 5) is 17.6. The number of hydrogen-bond acceptors (Lipinski definition) is 5. The van der Waals surface area contributed by atoms with E-state index in [2.05, 4.69) is 4.98 Å². The minimum atomic E-state index is -4.86. The van der Waals surface area contributed by atoms with Crippen molar-refractivity contribution in [2.45, 2.75) is 30.6 Å². The van der Waals surface area contributed by atoms with E-state index in [-0.39, 0.29) is 40.2 Å². The largest absolute Gasteiger partial charge is 0.618 e. The molecule has 4 rings (SSSR count). The average Bonchev–Trinajstić information content (AvgIpc) is 3.27. The Morgan fingerprint density at radius 3 is 2.22 bits per heavy atom. The molecule has 1 aromatic carbocycles. The van der Waals surface area contributed by atoms with Crippen molar-refractivity contribution in [1.29, 1.82) is 0 Å². The summed E-state index contributed by atoms with van der Waals surface area (Å²) >= 11 is 0. The van der Waals surface area contributed by atoms with Crippen molar-refractivity contribution in [2.75, 3.05) is 17.2 Å². The van der Waals surface area contributed by atoms with Crippen LogP contribution in [0.25, 0.3) is 11.1 Å². The van der Waals surface area contributed by atoms with Crippen LogP contribution in [0.5, 0.6) is 0 Å². The highest BCUT2D eigenvalue weighted by Gasteiger charge is 2.40. The molecule has 0 unspecified atom stereocenters. The van der Waals surface area contributed by atoms with E-state index in [0.717, 1.165) is 41.4 Å². The molecule has 0 saturated heterocycles. The highest BCUT2D eigenvalue weighted by atomic mass is 32.2. The molecule has 2 aromatic heterocycles. The number of halogens is 6. The first-order chi connectivity index (χ1) is 17.1. The Kier molecular flexibility index (Phi) is 6.42. The fraction of sp³-hybridized carbons (Fsp3) is 0.261. The Balaban J connectivity index is 1.79. The van der Waals surface area contributed by atoms with Gasteiger partial charge in [0.15, 0.2) is 16.0 Å². The van der Waals surface area contributed by atoms with Crippen molar-refractivity contribution >= 4 is 21.4 Å². The van der Waals surface area contributed by atoms with Crippen molar-refractivity contribution in [3.8, 4) is 11.1 Å². The number of rotatable bonds is 4. The number of benzene rings is 1. The van der Waals surface area contributed by atoms with Crippen LogP contribution in [0.3, 0.4) is 0 Å². The van der Waals surface area contributed by atoms with Gasteiger partial charge >= 0.3 is 12.4 Å². The molecule has 1 aliphatic rings. The van der Waals surface area contributed by atoms with Crippen LogP contribution in [-0.4, -0.2) is 31.6 Å². The van der Waals surface area contributed by atoms with Crippen molar-refractivity contribution < 1.29 is 44.3 Å². The first-order valence-corrected chi connectivity index (χ1v) is 12.3. The van der Waals surface area contributed by atoms with Gasteiger partial charge in [0.05, 0.1) is 22.6 Å². The summed E-state index contributed by atoms with van der Waals surface area (Å²) in [5, 5.41) is 12.1. The molecule has 0 saturated carbocycles. The summed E-state index contributed by atoms with van der Waals surface area (Å²) in [6.07, 6.45) is -8.07. The van der Waals surface area contributed by atoms with Crippen molar-refractivity contribution in [2.24, 2.45) is 0 Å². The first kappa shape index (κ1) is 26.4. The summed E-state index contributed by atoms with van der Waals surface area (Å²) in [5.41, 5.74) is -2.89. The third-order valence-electron chi connectivity index (χ3n) is 5.86. The van der Waals surface area contributed by atoms with E-state index >= 15 is 0 Å². The summed E-state index contributed by atoms with van der Waals surface area (Å²) < 4.78 is 104. The van der Waals surface area contributed by atoms with Gasteiger partial charge in [-0.1, -0.05) is 19.1 Å². The standard InChI is InChI=1S/C23H17F6N3O4S/c1-2-37(35,36)19-9-14(13-3-5-15(6-4-13)22(24,25)26)11-30-20(19)21(33)31-8-7-17-18(31)10-16(12-32(17)34)23(27,28)29/h3-6,9-12H,2,7-8H2,1H3. The summed E-state index contributed by atoms with van der Waals surface area (Å²) in [6, 6.07) is 5.57. The number of amides is 1. The highest BCUT2D eigenvalue weighted by Crippen LogP contribution is 2.36. The van der Waals surface area contributed by atoms with Gasteiger partial charge in [0.1, 0.15) is 16.9 Å². The van der Waals surface area contributed by atoms with E-state index in [1.807, 2.05) is 0 Å². The lowest BCUT2D eigenvalue weighted by atomic mass is 10.0. The van der Waals surface area contributed by atoms with Gasteiger partial charge in [0.25, 0.3) is 5.91 Å². The Morgan fingerprint density at radius 2 is 1.65 bits per heavy atom. The van der Waals surface area contributed by atoms with Gasteiger partial charge in [-0.2, -0.15) is 31.1 Å². The van der Waals surface area contributed by atoms with Crippen molar-refractivity contribution in [1.82, 2.24) is 4.98 Å². The van der Waals surface area contributed by atoms with Crippen LogP contribution in [0.15, 0.2) is 53.7 Å². The molecule has 1 aliphatic heterocycles. The van der Waals surface area contributed by atoms with E-state index in [1.54, 1.807) is 0 Å². The molecule has 0 radical (unpaired) electrons. The van der Waals surface area contributed by atoms with Crippen LogP contribution in [-0.2, 0) is 28.6 Å². The number of pyridine rings is 2. The minimum absolute atomic E-state index is 0.0241. The van der Waals surface area contributed by atoms with Crippen LogP contribution in [0.2, 0.25) is 0 Å². The van der Waals surface area contributed by atoms with Crippen molar-refractivity contribution in [3.63, 3.8) is 0 Å². The lowest BCUT2D eigenvalue weighted by Gasteiger charge is -2.19. The predicted octanol–water partition coefficient (Wildman–Crippen LogP) is 4.42. The topological polar surface area (TPSA) is 94.3 Å². The number of fused-ring (bicyclic) bond motifs is 1. The number of carbonyl (C=O) groups is 1. The van der Waals surface area contributed by atoms with Gasteiger partial charge in [-0.3, -0.25) is 4.79 Å². The van der Waals surface area contributed by atoms with Gasteiger partial charge in [-0.15, -0.1) is 0 Å². The van der Waals surface area contributed by atoms with Crippen molar-refractivity contribution in [3.05, 3.63) is 76.5 Å². The SMILES string of the molecule is CCS(=O)(=O)c1cc(-c2ccc(C(F)(F)F)cc2)cnc1C(=O)N1CCc2c1cc(C(F)(F)F)c[n+]2[O-]. The zero-order valence-electron chi connectivity index (χ0n) is 18.9. The van der Waals surface area contributed by atoms with E-state index < -0.39 is 55.6 Å². The van der Waals surface area contributed by atoms with Gasteiger partial charge in [-0.05, 0) is 29.8 Å². The van der Waals surface area contributed by atoms with Gasteiger partial charge in [0.2, 0.25) is 5.69 Å². The van der Waals surface area contributed by atoms with Crippen LogP contribution in [0, 0.1) is 5.21 Å². The Labute approximate surface area is 206 Å². The Morgan fingerprint density at radius 1 is 1.03 bits per heavy atom. The lowest BCUT2D eigenvalue weighted by Crippen LogP contribution is -2.34. The number of aromatic nitrogens is 2. The maximum Gasteiger partial charge on any atom is 0.422 e. The molecule has 1 amide bonds. The molecule has 196 valence electrons. The molecular formula is C23H17F6N3O4S. The number of alkyl halides is 6. The molecule has 0 aliphatic carbocycles. The first-order valence-electron chi connectivity index (χ1n) is 10.7. The second-order valence-electron chi connectivity index (χ2n) is 8.14. The number of hydrogen-bond donors (Lipinski definition) is 0. The summed E-state index contributed by atoms with van der Waals surface area (Å²) in [5.74, 6) is -1.50. The maximum atomic E-state index is 13.3. The molecule has 37 heavy (non-hydrogen) atoms. The zero-order valence-corrected chi connectivity index (χ0v) is 19.7. The number of sulfone groups is 1. The van der Waals surface area contributed by atoms with Crippen LogP contribution >= 0.6 is 0 Å². The van der Waals surface area contributed by atoms with Gasteiger partial charge in [-0.25, -0.2) is 13.4 Å². The number of carbonyl (C=O) groups excluding carboxylic acids is 1. The molecule has 3 aromatic rings. The second-order valence-corrected chi connectivity index (χ2v) is 10.4. The molecule has 14 heteroatoms. The van der Waals surface area contributed by atoms with E-state index in [9.17, 15) is 44.8 Å². The third-order valence-corrected chi connectivity index (χ3v) is 7.60. The number of anilines is 1. The maximum absolute atomic E-state index is 13.3. The van der Waals surface area contributed by atoms with Crippen LogP contribution < -0.4 is 9.63 Å². The fourth-order valence-electron chi connectivity index (χ4n) is 3.90. The molecule has 0 spiro atoms. The van der Waals surface area contributed by atoms with E-state index in [0.29, 0.717) is 12.3 Å². The van der Waals surface area contributed by atoms with E-state index in [1.165, 1.54) is 6.92 Å². The molecule has 0 bridgehead atoms. The quantitative estimate of drug-likeness (QED) is 0.275. The van der Waals surface area contributed by atoms with Crippen LogP contribution in [0.1, 0.15) is 34.2 Å². The number of nitrogens with zero attached hydrogens (tertiary/aromatic N) is 3. The normalized spacial score (nSPS) is 14.1.